The molecule has 1 aromatic carbocycles. The minimum absolute atomic E-state index is 0.0812. The fraction of sp³-hybridized carbons (Fsp3) is 0.622. The van der Waals surface area contributed by atoms with E-state index in [2.05, 4.69) is 15.6 Å². The maximum atomic E-state index is 13.8. The molecule has 3 heterocycles. The van der Waals surface area contributed by atoms with E-state index in [-0.39, 0.29) is 42.2 Å². The highest BCUT2D eigenvalue weighted by Crippen LogP contribution is 2.34. The number of carbonyl (C=O) groups is 5. The Bertz CT molecular complexity index is 1580. The zero-order valence-corrected chi connectivity index (χ0v) is 29.3. The van der Waals surface area contributed by atoms with Gasteiger partial charge in [-0.15, -0.1) is 0 Å². The smallest absolute Gasteiger partial charge is 0.409 e. The van der Waals surface area contributed by atoms with E-state index >= 15 is 0 Å². The van der Waals surface area contributed by atoms with Crippen LogP contribution in [-0.2, 0) is 19.1 Å². The number of nitrogens with zero attached hydrogens (tertiary/aromatic N) is 4. The Morgan fingerprint density at radius 2 is 1.70 bits per heavy atom. The fourth-order valence-corrected chi connectivity index (χ4v) is 6.82. The van der Waals surface area contributed by atoms with E-state index in [1.54, 1.807) is 14.7 Å². The van der Waals surface area contributed by atoms with Crippen molar-refractivity contribution in [2.75, 3.05) is 45.9 Å². The van der Waals surface area contributed by atoms with Crippen LogP contribution >= 0.6 is 0 Å². The number of fused-ring (bicyclic) bond motifs is 1. The average Bonchev–Trinajstić information content (AvgIpc) is 3.78. The first-order valence-corrected chi connectivity index (χ1v) is 18.4. The number of hydrogen-bond donors (Lipinski definition) is 2. The van der Waals surface area contributed by atoms with E-state index in [0.717, 1.165) is 56.9 Å². The molecule has 2 saturated heterocycles. The minimum Gasteiger partial charge on any atom is -0.483 e. The number of carbonyl (C=O) groups excluding carboxylic acids is 5. The molecule has 50 heavy (non-hydrogen) atoms. The third-order valence-electron chi connectivity index (χ3n) is 10.3. The van der Waals surface area contributed by atoms with E-state index in [1.165, 1.54) is 6.07 Å². The first-order valence-electron chi connectivity index (χ1n) is 18.4. The summed E-state index contributed by atoms with van der Waals surface area (Å²) in [4.78, 5) is 75.8. The van der Waals surface area contributed by atoms with E-state index in [0.29, 0.717) is 74.7 Å². The summed E-state index contributed by atoms with van der Waals surface area (Å²) in [5.74, 6) is -0.384. The molecule has 4 fully saturated rings. The summed E-state index contributed by atoms with van der Waals surface area (Å²) in [5.41, 5.74) is 1.56. The summed E-state index contributed by atoms with van der Waals surface area (Å²) in [6.45, 7) is 6.00. The number of benzene rings is 1. The van der Waals surface area contributed by atoms with Crippen molar-refractivity contribution >= 4 is 40.6 Å². The maximum Gasteiger partial charge on any atom is 0.409 e. The molecular formula is C37H50N6O7. The zero-order chi connectivity index (χ0) is 35.2. The van der Waals surface area contributed by atoms with Crippen LogP contribution < -0.4 is 15.4 Å². The van der Waals surface area contributed by atoms with Gasteiger partial charge in [0.25, 0.3) is 11.8 Å². The molecule has 270 valence electrons. The van der Waals surface area contributed by atoms with E-state index in [9.17, 15) is 24.0 Å². The lowest BCUT2D eigenvalue weighted by molar-refractivity contribution is -0.140. The van der Waals surface area contributed by atoms with Gasteiger partial charge in [-0.2, -0.15) is 0 Å². The van der Waals surface area contributed by atoms with Gasteiger partial charge in [0.15, 0.2) is 6.61 Å². The molecule has 2 aliphatic carbocycles. The van der Waals surface area contributed by atoms with Crippen molar-refractivity contribution in [3.63, 3.8) is 0 Å². The number of rotatable bonds is 13. The molecule has 2 saturated carbocycles. The number of aromatic nitrogens is 1. The maximum absolute atomic E-state index is 13.8. The van der Waals surface area contributed by atoms with Gasteiger partial charge in [-0.1, -0.05) is 32.3 Å². The number of amides is 5. The topological polar surface area (TPSA) is 150 Å². The monoisotopic (exact) mass is 690 g/mol. The number of aryl methyl sites for hydroxylation is 1. The van der Waals surface area contributed by atoms with Crippen LogP contribution in [0.2, 0.25) is 0 Å². The summed E-state index contributed by atoms with van der Waals surface area (Å²) >= 11 is 0. The van der Waals surface area contributed by atoms with Crippen LogP contribution in [0.4, 0.5) is 4.79 Å². The molecule has 0 bridgehead atoms. The lowest BCUT2D eigenvalue weighted by Gasteiger charge is -2.36. The molecule has 0 radical (unpaired) electrons. The Morgan fingerprint density at radius 1 is 0.940 bits per heavy atom. The molecule has 2 atom stereocenters. The van der Waals surface area contributed by atoms with Crippen molar-refractivity contribution < 1.29 is 33.4 Å². The SMILES string of the molecule is CCCCOC(=O)N1CCN(C(=O)[C@H](CC2CC2)NC(=O)c2cc(OCC(=O)N3CCC[C@H]3C(=O)NC3CCC3)c3ccc(C)cc3n2)CC1. The van der Waals surface area contributed by atoms with Crippen LogP contribution in [0.15, 0.2) is 24.3 Å². The molecule has 2 N–H and O–H groups in total. The molecule has 5 amide bonds. The molecular weight excluding hydrogens is 640 g/mol. The number of ether oxygens (including phenoxy) is 2. The Balaban J connectivity index is 1.12. The molecule has 13 heteroatoms. The first kappa shape index (κ1) is 35.4. The number of nitrogens with one attached hydrogen (secondary N) is 2. The van der Waals surface area contributed by atoms with Crippen molar-refractivity contribution in [1.29, 1.82) is 0 Å². The van der Waals surface area contributed by atoms with Gasteiger partial charge in [-0.05, 0) is 75.5 Å². The van der Waals surface area contributed by atoms with E-state index < -0.39 is 18.0 Å². The summed E-state index contributed by atoms with van der Waals surface area (Å²) in [7, 11) is 0. The molecule has 6 rings (SSSR count). The molecule has 2 aromatic rings. The van der Waals surface area contributed by atoms with Crippen molar-refractivity contribution in [1.82, 2.24) is 30.3 Å². The highest BCUT2D eigenvalue weighted by Gasteiger charge is 2.37. The molecule has 0 spiro atoms. The van der Waals surface area contributed by atoms with Gasteiger partial charge in [0, 0.05) is 50.2 Å². The predicted octanol–water partition coefficient (Wildman–Crippen LogP) is 3.56. The van der Waals surface area contributed by atoms with Gasteiger partial charge in [-0.25, -0.2) is 9.78 Å². The van der Waals surface area contributed by atoms with Gasteiger partial charge in [0.1, 0.15) is 23.5 Å². The van der Waals surface area contributed by atoms with Gasteiger partial charge in [-0.3, -0.25) is 19.2 Å². The van der Waals surface area contributed by atoms with Crippen molar-refractivity contribution in [3.05, 3.63) is 35.5 Å². The van der Waals surface area contributed by atoms with E-state index in [1.807, 2.05) is 32.0 Å². The molecule has 2 aliphatic heterocycles. The second-order valence-electron chi connectivity index (χ2n) is 14.2. The Hall–Kier alpha value is -4.42. The minimum atomic E-state index is -0.739. The van der Waals surface area contributed by atoms with Gasteiger partial charge >= 0.3 is 6.09 Å². The summed E-state index contributed by atoms with van der Waals surface area (Å²) < 4.78 is 11.4. The van der Waals surface area contributed by atoms with E-state index in [4.69, 9.17) is 9.47 Å². The quantitative estimate of drug-likeness (QED) is 0.303. The largest absolute Gasteiger partial charge is 0.483 e. The van der Waals surface area contributed by atoms with Crippen molar-refractivity contribution in [3.8, 4) is 5.75 Å². The second kappa shape index (κ2) is 16.1. The molecule has 0 unspecified atom stereocenters. The summed E-state index contributed by atoms with van der Waals surface area (Å²) in [6, 6.07) is 6.08. The van der Waals surface area contributed by atoms with Gasteiger partial charge in [0.2, 0.25) is 11.8 Å². The van der Waals surface area contributed by atoms with Gasteiger partial charge in [0.05, 0.1) is 12.1 Å². The summed E-state index contributed by atoms with van der Waals surface area (Å²) in [5, 5.41) is 6.67. The lowest BCUT2D eigenvalue weighted by atomic mass is 9.93. The molecule has 13 nitrogen and oxygen atoms in total. The fourth-order valence-electron chi connectivity index (χ4n) is 6.82. The normalized spacial score (nSPS) is 19.9. The number of unbranched alkanes of at least 4 members (excludes halogenated alkanes) is 1. The third kappa shape index (κ3) is 8.65. The number of pyridine rings is 1. The Morgan fingerprint density at radius 3 is 2.40 bits per heavy atom. The Kier molecular flexibility index (Phi) is 11.4. The number of likely N-dealkylation sites (tertiary alicyclic amines) is 1. The van der Waals surface area contributed by atoms with Crippen molar-refractivity contribution in [2.24, 2.45) is 5.92 Å². The van der Waals surface area contributed by atoms with Crippen LogP contribution in [-0.4, -0.2) is 113 Å². The predicted molar refractivity (Wildman–Crippen MR) is 185 cm³/mol. The standard InChI is InChI=1S/C37H50N6O7/c1-3-4-19-49-37(48)42-17-15-41(16-18-42)36(47)30(21-25-11-12-25)40-34(45)29-22-32(27-13-10-24(2)20-28(27)39-29)50-23-33(44)43-14-6-9-31(43)35(46)38-26-7-5-8-26/h10,13,20,22,25-26,30-31H,3-9,11-12,14-19,21,23H2,1-2H3,(H,38,46)(H,40,45)/t30-,31-/m0/s1. The zero-order valence-electron chi connectivity index (χ0n) is 29.3. The van der Waals surface area contributed by atoms with Crippen LogP contribution in [0.5, 0.6) is 5.75 Å². The van der Waals surface area contributed by atoms with Gasteiger partial charge < -0.3 is 34.8 Å². The number of piperazine rings is 1. The second-order valence-corrected chi connectivity index (χ2v) is 14.2. The third-order valence-corrected chi connectivity index (χ3v) is 10.3. The highest BCUT2D eigenvalue weighted by molar-refractivity contribution is 5.99. The first-order chi connectivity index (χ1) is 24.2. The van der Waals surface area contributed by atoms with Crippen LogP contribution in [0.3, 0.4) is 0 Å². The highest BCUT2D eigenvalue weighted by atomic mass is 16.6. The molecule has 4 aliphatic rings. The van der Waals surface area contributed by atoms with Crippen molar-refractivity contribution in [2.45, 2.75) is 96.2 Å². The Labute approximate surface area is 293 Å². The van der Waals surface area contributed by atoms with Crippen LogP contribution in [0.1, 0.15) is 87.2 Å². The van der Waals surface area contributed by atoms with Crippen LogP contribution in [0.25, 0.3) is 10.9 Å². The lowest BCUT2D eigenvalue weighted by Crippen LogP contribution is -2.56. The summed E-state index contributed by atoms with van der Waals surface area (Å²) in [6.07, 6.45) is 8.36. The average molecular weight is 691 g/mol. The molecule has 1 aromatic heterocycles. The van der Waals surface area contributed by atoms with Crippen LogP contribution in [0, 0.1) is 12.8 Å². The number of hydrogen-bond acceptors (Lipinski definition) is 8.